The predicted molar refractivity (Wildman–Crippen MR) is 181 cm³/mol. The van der Waals surface area contributed by atoms with Crippen LogP contribution in [-0.2, 0) is 26.8 Å². The third-order valence-corrected chi connectivity index (χ3v) is 10.1. The monoisotopic (exact) mass is 671 g/mol. The molecule has 0 radical (unpaired) electrons. The summed E-state index contributed by atoms with van der Waals surface area (Å²) in [6, 6.07) is 41.5. The second kappa shape index (κ2) is 12.5. The molecule has 7 rings (SSSR count). The summed E-state index contributed by atoms with van der Waals surface area (Å²) in [5.41, 5.74) is 1.94. The lowest BCUT2D eigenvalue weighted by Crippen LogP contribution is -2.39. The van der Waals surface area contributed by atoms with Crippen LogP contribution in [0.15, 0.2) is 151 Å². The Hall–Kier alpha value is -5.71. The van der Waals surface area contributed by atoms with Gasteiger partial charge in [-0.3, -0.25) is 9.59 Å². The number of nitrogens with zero attached hydrogens (tertiary/aromatic N) is 5. The Morgan fingerprint density at radius 3 is 1.77 bits per heavy atom. The van der Waals surface area contributed by atoms with E-state index in [4.69, 9.17) is 11.6 Å². The van der Waals surface area contributed by atoms with Crippen molar-refractivity contribution in [3.05, 3.63) is 179 Å². The Balaban J connectivity index is 1.29. The molecule has 0 spiro atoms. The van der Waals surface area contributed by atoms with Crippen LogP contribution >= 0.6 is 11.6 Å². The fourth-order valence-electron chi connectivity index (χ4n) is 5.99. The van der Waals surface area contributed by atoms with Gasteiger partial charge in [-0.05, 0) is 57.8 Å². The molecule has 5 aromatic carbocycles. The maximum absolute atomic E-state index is 13.6. The van der Waals surface area contributed by atoms with E-state index in [1.54, 1.807) is 36.4 Å². The summed E-state index contributed by atoms with van der Waals surface area (Å²) >= 11 is 6.28. The summed E-state index contributed by atoms with van der Waals surface area (Å²) in [5.74, 6) is -2.18. The lowest BCUT2D eigenvalue weighted by Gasteiger charge is -2.34. The van der Waals surface area contributed by atoms with Crippen LogP contribution in [0.5, 0.6) is 0 Å². The largest absolute Gasteiger partial charge is 0.290 e. The first kappa shape index (κ1) is 30.9. The first-order valence-electron chi connectivity index (χ1n) is 14.9. The molecule has 0 aliphatic rings. The number of carbonyl (C=O) groups is 2. The van der Waals surface area contributed by atoms with E-state index in [1.165, 1.54) is 23.1 Å². The summed E-state index contributed by atoms with van der Waals surface area (Å²) in [7, 11) is -4.02. The number of halogens is 1. The van der Waals surface area contributed by atoms with Crippen LogP contribution in [0.1, 0.15) is 32.9 Å². The van der Waals surface area contributed by atoms with Gasteiger partial charge in [-0.1, -0.05) is 121 Å². The van der Waals surface area contributed by atoms with Gasteiger partial charge >= 0.3 is 0 Å². The third-order valence-electron chi connectivity index (χ3n) is 8.21. The van der Waals surface area contributed by atoms with Crippen molar-refractivity contribution in [1.29, 1.82) is 0 Å². The Morgan fingerprint density at radius 2 is 1.23 bits per heavy atom. The molecule has 0 unspecified atom stereocenters. The average molecular weight is 672 g/mol. The van der Waals surface area contributed by atoms with Crippen molar-refractivity contribution < 1.29 is 18.0 Å². The van der Waals surface area contributed by atoms with Crippen molar-refractivity contribution in [2.24, 2.45) is 0 Å². The predicted octanol–water partition coefficient (Wildman–Crippen LogP) is 6.35. The van der Waals surface area contributed by atoms with Gasteiger partial charge in [0.25, 0.3) is 15.8 Å². The van der Waals surface area contributed by atoms with Gasteiger partial charge in [-0.25, -0.2) is 12.4 Å². The van der Waals surface area contributed by atoms with E-state index in [0.717, 1.165) is 20.7 Å². The van der Waals surface area contributed by atoms with Gasteiger partial charge < -0.3 is 0 Å². The van der Waals surface area contributed by atoms with Gasteiger partial charge in [0.2, 0.25) is 11.6 Å². The number of hydrogen-bond donors (Lipinski definition) is 0. The third kappa shape index (κ3) is 5.30. The summed E-state index contributed by atoms with van der Waals surface area (Å²) in [6.07, 6.45) is 0.937. The van der Waals surface area contributed by atoms with Crippen molar-refractivity contribution in [3.63, 3.8) is 0 Å². The number of benzene rings is 5. The zero-order valence-corrected chi connectivity index (χ0v) is 26.8. The standard InChI is InChI=1S/C37H26ClN5O4S/c38-30-21-22-33-32(24-30)26(25-42(33)48(46,47)31-19-11-4-12-20-31)23-34(44)35(45)36-39-41-43(40-36)37(27-13-5-1-6-14-27,28-15-7-2-8-16-28)29-17-9-3-10-18-29/h1-22,24-25H,23H2. The smallest absolute Gasteiger partial charge is 0.269 e. The molecule has 0 aliphatic heterocycles. The number of fused-ring (bicyclic) bond motifs is 1. The van der Waals surface area contributed by atoms with Crippen molar-refractivity contribution in [2.75, 3.05) is 0 Å². The number of carbonyl (C=O) groups excluding carboxylic acids is 2. The van der Waals surface area contributed by atoms with Crippen LogP contribution in [0.3, 0.4) is 0 Å². The Labute approximate surface area is 281 Å². The maximum Gasteiger partial charge on any atom is 0.269 e. The fourth-order valence-corrected chi connectivity index (χ4v) is 7.58. The van der Waals surface area contributed by atoms with Crippen molar-refractivity contribution in [2.45, 2.75) is 16.9 Å². The second-order valence-electron chi connectivity index (χ2n) is 11.1. The minimum absolute atomic E-state index is 0.0744. The molecule has 0 bridgehead atoms. The Kier molecular flexibility index (Phi) is 8.04. The van der Waals surface area contributed by atoms with Gasteiger partial charge in [0, 0.05) is 23.0 Å². The maximum atomic E-state index is 13.6. The molecular weight excluding hydrogens is 646 g/mol. The zero-order chi connectivity index (χ0) is 33.3. The van der Waals surface area contributed by atoms with Crippen LogP contribution in [0.4, 0.5) is 0 Å². The zero-order valence-electron chi connectivity index (χ0n) is 25.2. The molecular formula is C37H26ClN5O4S. The van der Waals surface area contributed by atoms with Gasteiger partial charge in [0.1, 0.15) is 0 Å². The molecule has 7 aromatic rings. The minimum atomic E-state index is -4.02. The summed E-state index contributed by atoms with van der Waals surface area (Å²) < 4.78 is 28.3. The highest BCUT2D eigenvalue weighted by molar-refractivity contribution is 7.90. The molecule has 0 N–H and O–H groups in total. The van der Waals surface area contributed by atoms with Crippen molar-refractivity contribution in [1.82, 2.24) is 24.2 Å². The second-order valence-corrected chi connectivity index (χ2v) is 13.3. The molecule has 0 aliphatic carbocycles. The highest BCUT2D eigenvalue weighted by Gasteiger charge is 2.42. The van der Waals surface area contributed by atoms with E-state index >= 15 is 0 Å². The van der Waals surface area contributed by atoms with E-state index in [1.807, 2.05) is 91.0 Å². The summed E-state index contributed by atoms with van der Waals surface area (Å²) in [6.45, 7) is 0. The molecule has 11 heteroatoms. The lowest BCUT2D eigenvalue weighted by atomic mass is 9.77. The average Bonchev–Trinajstić information content (AvgIpc) is 3.76. The summed E-state index contributed by atoms with van der Waals surface area (Å²) in [4.78, 5) is 28.7. The molecule has 2 heterocycles. The number of ketones is 2. The van der Waals surface area contributed by atoms with Crippen LogP contribution in [0.2, 0.25) is 5.02 Å². The molecule has 0 amide bonds. The number of aromatic nitrogens is 5. The molecule has 236 valence electrons. The fraction of sp³-hybridized carbons (Fsp3) is 0.0541. The van der Waals surface area contributed by atoms with Crippen LogP contribution in [0, 0.1) is 0 Å². The highest BCUT2D eigenvalue weighted by Crippen LogP contribution is 2.39. The van der Waals surface area contributed by atoms with E-state index < -0.39 is 33.5 Å². The molecule has 9 nitrogen and oxygen atoms in total. The van der Waals surface area contributed by atoms with E-state index in [0.29, 0.717) is 21.5 Å². The van der Waals surface area contributed by atoms with Crippen LogP contribution in [-0.4, -0.2) is 44.2 Å². The normalized spacial score (nSPS) is 11.9. The summed E-state index contributed by atoms with van der Waals surface area (Å²) in [5, 5.41) is 13.7. The topological polar surface area (TPSA) is 117 Å². The molecule has 0 atom stereocenters. The lowest BCUT2D eigenvalue weighted by molar-refractivity contribution is -0.114. The Morgan fingerprint density at radius 1 is 0.708 bits per heavy atom. The molecule has 0 saturated carbocycles. The molecule has 2 aromatic heterocycles. The molecule has 48 heavy (non-hydrogen) atoms. The van der Waals surface area contributed by atoms with Crippen LogP contribution in [0.25, 0.3) is 10.9 Å². The number of Topliss-reactive ketones (excluding diaryl/α,β-unsaturated/α-hetero) is 2. The first-order chi connectivity index (χ1) is 23.3. The molecule has 0 saturated heterocycles. The van der Waals surface area contributed by atoms with Gasteiger partial charge in [0.05, 0.1) is 10.4 Å². The van der Waals surface area contributed by atoms with Gasteiger partial charge in [-0.15, -0.1) is 15.0 Å². The quantitative estimate of drug-likeness (QED) is 0.0945. The number of tetrazole rings is 1. The van der Waals surface area contributed by atoms with Gasteiger partial charge in [-0.2, -0.15) is 0 Å². The SMILES string of the molecule is O=C(Cc1cn(S(=O)(=O)c2ccccc2)c2ccc(Cl)cc12)C(=O)c1nnn(C(c2ccccc2)(c2ccccc2)c2ccccc2)n1. The van der Waals surface area contributed by atoms with E-state index in [-0.39, 0.29) is 10.7 Å². The van der Waals surface area contributed by atoms with Gasteiger partial charge in [0.15, 0.2) is 5.54 Å². The molecule has 0 fully saturated rings. The highest BCUT2D eigenvalue weighted by atomic mass is 35.5. The number of hydrogen-bond acceptors (Lipinski definition) is 7. The Bertz CT molecular complexity index is 2280. The minimum Gasteiger partial charge on any atom is -0.290 e. The van der Waals surface area contributed by atoms with Crippen LogP contribution < -0.4 is 0 Å². The van der Waals surface area contributed by atoms with Crippen molar-refractivity contribution >= 4 is 44.1 Å². The van der Waals surface area contributed by atoms with E-state index in [9.17, 15) is 18.0 Å². The van der Waals surface area contributed by atoms with Crippen molar-refractivity contribution in [3.8, 4) is 0 Å². The first-order valence-corrected chi connectivity index (χ1v) is 16.8. The number of rotatable bonds is 10. The van der Waals surface area contributed by atoms with E-state index in [2.05, 4.69) is 15.4 Å².